The third-order valence-electron chi connectivity index (χ3n) is 13.9. The Bertz CT molecular complexity index is 2410. The summed E-state index contributed by atoms with van der Waals surface area (Å²) in [5.41, 5.74) is 0. The molecule has 5 unspecified atom stereocenters. The Balaban J connectivity index is 4.70. The second-order valence-electron chi connectivity index (χ2n) is 22.9. The molecule has 0 radical (unpaired) electrons. The number of ether oxygens (including phenoxy) is 3. The number of phosphoric ester groups is 2. The zero-order valence-corrected chi connectivity index (χ0v) is 60.1. The van der Waals surface area contributed by atoms with Crippen molar-refractivity contribution >= 4 is 33.6 Å². The van der Waals surface area contributed by atoms with Gasteiger partial charge >= 0.3 is 33.6 Å². The van der Waals surface area contributed by atoms with E-state index in [9.17, 15) is 43.5 Å². The molecule has 0 aromatic rings. The number of hydrogen-bond acceptors (Lipinski definition) is 14. The molecule has 0 aliphatic carbocycles. The van der Waals surface area contributed by atoms with Crippen molar-refractivity contribution in [1.29, 1.82) is 0 Å². The molecule has 0 bridgehead atoms. The molecule has 18 heteroatoms. The first-order chi connectivity index (χ1) is 46.2. The quantitative estimate of drug-likeness (QED) is 0.0146. The molecule has 538 valence electrons. The van der Waals surface area contributed by atoms with Gasteiger partial charge in [-0.1, -0.05) is 242 Å². The van der Waals surface area contributed by atoms with Crippen LogP contribution in [0.1, 0.15) is 239 Å². The van der Waals surface area contributed by atoms with Crippen LogP contribution in [0.5, 0.6) is 0 Å². The minimum atomic E-state index is -4.94. The van der Waals surface area contributed by atoms with Crippen molar-refractivity contribution in [3.05, 3.63) is 170 Å². The Morgan fingerprint density at radius 1 is 0.305 bits per heavy atom. The molecular formula is C77H124O16P2. The Kier molecular flexibility index (Phi) is 65.1. The number of aliphatic hydroxyl groups is 2. The fraction of sp³-hybridized carbons (Fsp3) is 0.597. The highest BCUT2D eigenvalue weighted by Crippen LogP contribution is 2.45. The van der Waals surface area contributed by atoms with Crippen molar-refractivity contribution < 1.29 is 75.8 Å². The molecule has 0 aromatic carbocycles. The third kappa shape index (κ3) is 70.1. The van der Waals surface area contributed by atoms with Crippen molar-refractivity contribution in [1.82, 2.24) is 0 Å². The number of carbonyl (C=O) groups is 3. The summed E-state index contributed by atoms with van der Waals surface area (Å²) < 4.78 is 60.9. The maximum atomic E-state index is 12.9. The van der Waals surface area contributed by atoms with Gasteiger partial charge in [-0.05, 0) is 148 Å². The van der Waals surface area contributed by atoms with Gasteiger partial charge in [0.2, 0.25) is 0 Å². The first kappa shape index (κ1) is 89.9. The lowest BCUT2D eigenvalue weighted by molar-refractivity contribution is -0.161. The molecule has 0 amide bonds. The summed E-state index contributed by atoms with van der Waals surface area (Å²) in [4.78, 5) is 58.4. The van der Waals surface area contributed by atoms with Gasteiger partial charge in [0, 0.05) is 19.3 Å². The van der Waals surface area contributed by atoms with E-state index in [2.05, 4.69) is 191 Å². The summed E-state index contributed by atoms with van der Waals surface area (Å²) in [6.07, 6.45) is 85.5. The minimum Gasteiger partial charge on any atom is -0.463 e. The van der Waals surface area contributed by atoms with Crippen LogP contribution in [0.15, 0.2) is 170 Å². The van der Waals surface area contributed by atoms with E-state index in [1.165, 1.54) is 0 Å². The summed E-state index contributed by atoms with van der Waals surface area (Å²) in [6.45, 7) is 2.26. The van der Waals surface area contributed by atoms with Gasteiger partial charge in [-0.25, -0.2) is 9.13 Å². The van der Waals surface area contributed by atoms with Crippen LogP contribution < -0.4 is 0 Å². The van der Waals surface area contributed by atoms with Crippen LogP contribution in [-0.2, 0) is 55.8 Å². The number of aliphatic hydroxyl groups excluding tert-OH is 2. The topological polar surface area (TPSA) is 231 Å². The summed E-state index contributed by atoms with van der Waals surface area (Å²) in [5, 5.41) is 20.6. The smallest absolute Gasteiger partial charge is 0.463 e. The number of phosphoric acid groups is 2. The summed E-state index contributed by atoms with van der Waals surface area (Å²) in [5.74, 6) is -1.66. The first-order valence-electron chi connectivity index (χ1n) is 35.4. The Morgan fingerprint density at radius 2 is 0.558 bits per heavy atom. The summed E-state index contributed by atoms with van der Waals surface area (Å²) in [7, 11) is -9.81. The first-order valence-corrected chi connectivity index (χ1v) is 38.4. The monoisotopic (exact) mass is 1370 g/mol. The SMILES string of the molecule is CC/C=C\C/C=C\C/C=C\C/C=C\C/C=C\C/C=C\CCCCCCC(=O)OCC(O)COP(=O)(O)OCC(O)COP(=O)(O)OCC(COC(=O)CCCCCC/C=C\C/C=C\C/C=C\C/C=C\C/C=C\C/C=C\CC)OC(=O)CCCCCCC/C=C\C/C=C\CCC. The van der Waals surface area contributed by atoms with E-state index >= 15 is 0 Å². The van der Waals surface area contributed by atoms with E-state index < -0.39 is 91.5 Å². The lowest BCUT2D eigenvalue weighted by Gasteiger charge is -2.21. The maximum Gasteiger partial charge on any atom is 0.472 e. The summed E-state index contributed by atoms with van der Waals surface area (Å²) >= 11 is 0. The fourth-order valence-corrected chi connectivity index (χ4v) is 10.1. The molecule has 0 aliphatic rings. The van der Waals surface area contributed by atoms with Gasteiger partial charge in [0.05, 0.1) is 26.4 Å². The molecule has 4 N–H and O–H groups in total. The lowest BCUT2D eigenvalue weighted by Crippen LogP contribution is -2.30. The minimum absolute atomic E-state index is 0.0749. The van der Waals surface area contributed by atoms with Gasteiger partial charge in [0.15, 0.2) is 6.10 Å². The standard InChI is InChI=1S/C77H124O16P2/c1-4-7-10-13-16-19-22-25-27-29-31-33-35-37-39-41-43-46-48-51-54-57-60-63-75(80)87-66-72(78)67-89-94(83,84)90-68-73(79)69-91-95(85,86)92-71-74(93-77(82)65-62-59-56-53-50-45-24-21-18-15-12-9-6-3)70-88-76(81)64-61-58-55-52-49-47-44-42-40-38-36-34-32-30-28-26-23-20-17-14-11-8-5-2/h7-8,10-12,15-17,19-21,24-28,31-34,37-40,43-44,46-47,72-74,78-79H,4-6,9,13-14,18,22-23,29-30,35-36,41-42,45,48-71H2,1-3H3,(H,83,84)(H,85,86)/b10-7-,11-8-,15-12-,19-16-,20-17-,24-21-,27-25-,28-26-,33-31-,34-32-,39-37-,40-38-,46-43-,47-44-. The van der Waals surface area contributed by atoms with Crippen LogP contribution in [-0.4, -0.2) is 95.9 Å². The van der Waals surface area contributed by atoms with Crippen molar-refractivity contribution in [3.63, 3.8) is 0 Å². The normalized spacial score (nSPS) is 15.1. The van der Waals surface area contributed by atoms with E-state index in [0.717, 1.165) is 180 Å². The molecule has 0 spiro atoms. The highest BCUT2D eigenvalue weighted by molar-refractivity contribution is 7.47. The molecule has 0 saturated heterocycles. The van der Waals surface area contributed by atoms with E-state index in [-0.39, 0.29) is 19.3 Å². The predicted octanol–water partition coefficient (Wildman–Crippen LogP) is 20.1. The van der Waals surface area contributed by atoms with Gasteiger partial charge in [0.1, 0.15) is 25.4 Å². The number of unbranched alkanes of at least 4 members (excludes halogenated alkanes) is 14. The molecule has 0 saturated carbocycles. The Labute approximate surface area is 573 Å². The fourth-order valence-electron chi connectivity index (χ4n) is 8.55. The molecule has 0 fully saturated rings. The third-order valence-corrected chi connectivity index (χ3v) is 15.8. The Hall–Kier alpha value is -5.09. The molecule has 0 aliphatic heterocycles. The molecule has 5 atom stereocenters. The van der Waals surface area contributed by atoms with E-state index in [0.29, 0.717) is 19.3 Å². The number of esters is 3. The molecule has 0 rings (SSSR count). The molecule has 16 nitrogen and oxygen atoms in total. The van der Waals surface area contributed by atoms with Gasteiger partial charge in [-0.3, -0.25) is 32.5 Å². The zero-order chi connectivity index (χ0) is 69.5. The van der Waals surface area contributed by atoms with Crippen molar-refractivity contribution in [2.75, 3.05) is 39.6 Å². The van der Waals surface area contributed by atoms with Crippen LogP contribution in [0, 0.1) is 0 Å². The van der Waals surface area contributed by atoms with E-state index in [1.807, 2.05) is 0 Å². The number of rotatable bonds is 65. The van der Waals surface area contributed by atoms with Gasteiger partial charge in [-0.2, -0.15) is 0 Å². The number of carbonyl (C=O) groups excluding carboxylic acids is 3. The van der Waals surface area contributed by atoms with Crippen LogP contribution >= 0.6 is 15.6 Å². The van der Waals surface area contributed by atoms with Crippen LogP contribution in [0.3, 0.4) is 0 Å². The van der Waals surface area contributed by atoms with Gasteiger partial charge < -0.3 is 34.2 Å². The van der Waals surface area contributed by atoms with Crippen molar-refractivity contribution in [3.8, 4) is 0 Å². The molecule has 0 aromatic heterocycles. The average molecular weight is 1370 g/mol. The molecular weight excluding hydrogens is 1240 g/mol. The van der Waals surface area contributed by atoms with Crippen LogP contribution in [0.4, 0.5) is 0 Å². The van der Waals surface area contributed by atoms with E-state index in [4.69, 9.17) is 32.3 Å². The predicted molar refractivity (Wildman–Crippen MR) is 389 cm³/mol. The zero-order valence-electron chi connectivity index (χ0n) is 58.3. The van der Waals surface area contributed by atoms with Crippen LogP contribution in [0.25, 0.3) is 0 Å². The average Bonchev–Trinajstić information content (AvgIpc) is 1.91. The molecule has 95 heavy (non-hydrogen) atoms. The van der Waals surface area contributed by atoms with Gasteiger partial charge in [0.25, 0.3) is 0 Å². The highest BCUT2D eigenvalue weighted by atomic mass is 31.2. The van der Waals surface area contributed by atoms with Crippen LogP contribution in [0.2, 0.25) is 0 Å². The Morgan fingerprint density at radius 3 is 0.884 bits per heavy atom. The van der Waals surface area contributed by atoms with E-state index in [1.54, 1.807) is 0 Å². The maximum absolute atomic E-state index is 12.9. The number of allylic oxidation sites excluding steroid dienone is 28. The molecule has 0 heterocycles. The summed E-state index contributed by atoms with van der Waals surface area (Å²) in [6, 6.07) is 0. The second kappa shape index (κ2) is 68.8. The van der Waals surface area contributed by atoms with Crippen molar-refractivity contribution in [2.45, 2.75) is 257 Å². The second-order valence-corrected chi connectivity index (χ2v) is 25.8. The highest BCUT2D eigenvalue weighted by Gasteiger charge is 2.29. The lowest BCUT2D eigenvalue weighted by atomic mass is 10.1. The largest absolute Gasteiger partial charge is 0.472 e. The van der Waals surface area contributed by atoms with Gasteiger partial charge in [-0.15, -0.1) is 0 Å². The van der Waals surface area contributed by atoms with Crippen molar-refractivity contribution in [2.24, 2.45) is 0 Å². The number of hydrogen-bond donors (Lipinski definition) is 4.